The van der Waals surface area contributed by atoms with E-state index in [2.05, 4.69) is 86.0 Å². The second kappa shape index (κ2) is 9.39. The molecular formula is C23H28N6. The first-order valence-electron chi connectivity index (χ1n) is 10.2. The van der Waals surface area contributed by atoms with Crippen molar-refractivity contribution < 1.29 is 0 Å². The van der Waals surface area contributed by atoms with Gasteiger partial charge in [0.25, 0.3) is 0 Å². The maximum atomic E-state index is 4.57. The predicted molar refractivity (Wildman–Crippen MR) is 120 cm³/mol. The van der Waals surface area contributed by atoms with Crippen molar-refractivity contribution in [3.8, 4) is 0 Å². The highest BCUT2D eigenvalue weighted by molar-refractivity contribution is 5.60. The van der Waals surface area contributed by atoms with Gasteiger partial charge in [-0.1, -0.05) is 30.3 Å². The van der Waals surface area contributed by atoms with Crippen LogP contribution in [0.4, 0.5) is 23.1 Å². The van der Waals surface area contributed by atoms with Gasteiger partial charge < -0.3 is 20.4 Å². The molecule has 6 heteroatoms. The minimum Gasteiger partial charge on any atom is -0.370 e. The lowest BCUT2D eigenvalue weighted by molar-refractivity contribution is 0.313. The van der Waals surface area contributed by atoms with Crippen LogP contribution in [0.15, 0.2) is 66.9 Å². The summed E-state index contributed by atoms with van der Waals surface area (Å²) in [5, 5.41) is 6.67. The number of rotatable bonds is 7. The zero-order valence-corrected chi connectivity index (χ0v) is 16.9. The lowest BCUT2D eigenvalue weighted by Crippen LogP contribution is -2.44. The Hall–Kier alpha value is -3.12. The predicted octanol–water partition coefficient (Wildman–Crippen LogP) is 3.63. The molecule has 2 aromatic carbocycles. The second-order valence-corrected chi connectivity index (χ2v) is 7.39. The fraction of sp³-hybridized carbons (Fsp3) is 0.304. The maximum Gasteiger partial charge on any atom is 0.229 e. The highest BCUT2D eigenvalue weighted by Gasteiger charge is 2.14. The highest BCUT2D eigenvalue weighted by atomic mass is 15.2. The van der Waals surface area contributed by atoms with Crippen molar-refractivity contribution in [2.75, 3.05) is 55.3 Å². The van der Waals surface area contributed by atoms with Gasteiger partial charge in [0, 0.05) is 50.3 Å². The fourth-order valence-corrected chi connectivity index (χ4v) is 3.45. The summed E-state index contributed by atoms with van der Waals surface area (Å²) in [6.45, 7) is 5.20. The molecule has 1 aliphatic rings. The molecule has 3 aromatic rings. The Morgan fingerprint density at radius 2 is 1.66 bits per heavy atom. The first kappa shape index (κ1) is 19.2. The summed E-state index contributed by atoms with van der Waals surface area (Å²) < 4.78 is 0. The van der Waals surface area contributed by atoms with Crippen molar-refractivity contribution in [2.24, 2.45) is 0 Å². The van der Waals surface area contributed by atoms with Crippen molar-refractivity contribution in [3.05, 3.63) is 72.4 Å². The number of nitrogens with zero attached hydrogens (tertiary/aromatic N) is 4. The second-order valence-electron chi connectivity index (χ2n) is 7.39. The summed E-state index contributed by atoms with van der Waals surface area (Å²) >= 11 is 0. The smallest absolute Gasteiger partial charge is 0.229 e. The Kier molecular flexibility index (Phi) is 6.22. The van der Waals surface area contributed by atoms with Crippen LogP contribution in [0.2, 0.25) is 0 Å². The van der Waals surface area contributed by atoms with Crippen LogP contribution >= 0.6 is 0 Å². The van der Waals surface area contributed by atoms with Crippen LogP contribution in [0.3, 0.4) is 0 Å². The van der Waals surface area contributed by atoms with E-state index in [0.29, 0.717) is 5.95 Å². The third-order valence-corrected chi connectivity index (χ3v) is 5.21. The van der Waals surface area contributed by atoms with E-state index in [4.69, 9.17) is 0 Å². The molecule has 0 unspecified atom stereocenters. The van der Waals surface area contributed by atoms with Crippen LogP contribution < -0.4 is 15.5 Å². The minimum absolute atomic E-state index is 0.599. The number of nitrogens with one attached hydrogen (secondary N) is 2. The van der Waals surface area contributed by atoms with Gasteiger partial charge in [0.2, 0.25) is 5.95 Å². The average molecular weight is 389 g/mol. The van der Waals surface area contributed by atoms with Crippen molar-refractivity contribution >= 4 is 23.1 Å². The zero-order chi connectivity index (χ0) is 19.9. The fourth-order valence-electron chi connectivity index (χ4n) is 3.45. The van der Waals surface area contributed by atoms with Gasteiger partial charge in [-0.15, -0.1) is 0 Å². The number of aromatic nitrogens is 2. The summed E-state index contributed by atoms with van der Waals surface area (Å²) in [4.78, 5) is 13.7. The van der Waals surface area contributed by atoms with Gasteiger partial charge in [0.05, 0.1) is 0 Å². The zero-order valence-electron chi connectivity index (χ0n) is 16.9. The van der Waals surface area contributed by atoms with E-state index in [1.54, 1.807) is 6.20 Å². The normalized spacial score (nSPS) is 14.6. The van der Waals surface area contributed by atoms with Gasteiger partial charge in [-0.3, -0.25) is 0 Å². The molecule has 4 rings (SSSR count). The Morgan fingerprint density at radius 3 is 2.41 bits per heavy atom. The average Bonchev–Trinajstić information content (AvgIpc) is 2.76. The SMILES string of the molecule is CN1CCN(c2ccc(Nc3nccc(NCCc4ccccc4)n3)cc2)CC1. The van der Waals surface area contributed by atoms with Crippen molar-refractivity contribution in [2.45, 2.75) is 6.42 Å². The molecule has 1 aromatic heterocycles. The molecule has 0 spiro atoms. The Bertz CT molecular complexity index is 889. The van der Waals surface area contributed by atoms with Gasteiger partial charge in [-0.25, -0.2) is 4.98 Å². The first-order chi connectivity index (χ1) is 14.3. The van der Waals surface area contributed by atoms with Crippen LogP contribution in [-0.4, -0.2) is 54.6 Å². The van der Waals surface area contributed by atoms with Crippen LogP contribution in [-0.2, 0) is 6.42 Å². The molecule has 150 valence electrons. The van der Waals surface area contributed by atoms with E-state index >= 15 is 0 Å². The lowest BCUT2D eigenvalue weighted by atomic mass is 10.1. The molecular weight excluding hydrogens is 360 g/mol. The number of anilines is 4. The molecule has 29 heavy (non-hydrogen) atoms. The molecule has 0 saturated carbocycles. The molecule has 0 atom stereocenters. The summed E-state index contributed by atoms with van der Waals surface area (Å²) in [7, 11) is 2.18. The monoisotopic (exact) mass is 388 g/mol. The van der Waals surface area contributed by atoms with Crippen molar-refractivity contribution in [1.29, 1.82) is 0 Å². The van der Waals surface area contributed by atoms with E-state index in [9.17, 15) is 0 Å². The van der Waals surface area contributed by atoms with E-state index in [1.165, 1.54) is 11.3 Å². The lowest BCUT2D eigenvalue weighted by Gasteiger charge is -2.34. The van der Waals surface area contributed by atoms with E-state index in [0.717, 1.165) is 50.6 Å². The van der Waals surface area contributed by atoms with Gasteiger partial charge in [-0.05, 0) is 49.4 Å². The van der Waals surface area contributed by atoms with Crippen LogP contribution in [0.5, 0.6) is 0 Å². The summed E-state index contributed by atoms with van der Waals surface area (Å²) in [5.74, 6) is 1.43. The summed E-state index contributed by atoms with van der Waals surface area (Å²) in [6.07, 6.45) is 2.74. The molecule has 0 radical (unpaired) electrons. The van der Waals surface area contributed by atoms with E-state index in [-0.39, 0.29) is 0 Å². The van der Waals surface area contributed by atoms with Crippen molar-refractivity contribution in [3.63, 3.8) is 0 Å². The first-order valence-corrected chi connectivity index (χ1v) is 10.2. The number of hydrogen-bond acceptors (Lipinski definition) is 6. The Balaban J connectivity index is 1.31. The quantitative estimate of drug-likeness (QED) is 0.645. The molecule has 2 N–H and O–H groups in total. The largest absolute Gasteiger partial charge is 0.370 e. The van der Waals surface area contributed by atoms with Crippen LogP contribution in [0.25, 0.3) is 0 Å². The molecule has 0 bridgehead atoms. The van der Waals surface area contributed by atoms with Gasteiger partial charge in [-0.2, -0.15) is 4.98 Å². The Labute approximate surface area is 172 Å². The number of piperazine rings is 1. The third kappa shape index (κ3) is 5.45. The molecule has 0 amide bonds. The molecule has 6 nitrogen and oxygen atoms in total. The number of hydrogen-bond donors (Lipinski definition) is 2. The van der Waals surface area contributed by atoms with Crippen LogP contribution in [0, 0.1) is 0 Å². The van der Waals surface area contributed by atoms with E-state index < -0.39 is 0 Å². The van der Waals surface area contributed by atoms with Gasteiger partial charge >= 0.3 is 0 Å². The van der Waals surface area contributed by atoms with E-state index in [1.807, 2.05) is 12.1 Å². The molecule has 2 heterocycles. The van der Waals surface area contributed by atoms with Crippen LogP contribution in [0.1, 0.15) is 5.56 Å². The molecule has 1 fully saturated rings. The standard InChI is InChI=1S/C23H28N6/c1-28-15-17-29(18-16-28)21-9-7-20(8-10-21)26-23-25-14-12-22(27-23)24-13-11-19-5-3-2-4-6-19/h2-10,12,14H,11,13,15-18H2,1H3,(H2,24,25,26,27). The summed E-state index contributed by atoms with van der Waals surface area (Å²) in [5.41, 5.74) is 3.57. The highest BCUT2D eigenvalue weighted by Crippen LogP contribution is 2.21. The Morgan fingerprint density at radius 1 is 0.897 bits per heavy atom. The molecule has 1 saturated heterocycles. The third-order valence-electron chi connectivity index (χ3n) is 5.21. The molecule has 0 aliphatic carbocycles. The molecule has 1 aliphatic heterocycles. The number of likely N-dealkylation sites (N-methyl/N-ethyl adjacent to an activating group) is 1. The topological polar surface area (TPSA) is 56.3 Å². The van der Waals surface area contributed by atoms with Crippen molar-refractivity contribution in [1.82, 2.24) is 14.9 Å². The van der Waals surface area contributed by atoms with Gasteiger partial charge in [0.1, 0.15) is 5.82 Å². The minimum atomic E-state index is 0.599. The number of benzene rings is 2. The summed E-state index contributed by atoms with van der Waals surface area (Å²) in [6, 6.07) is 20.9. The van der Waals surface area contributed by atoms with Gasteiger partial charge in [0.15, 0.2) is 0 Å². The maximum absolute atomic E-state index is 4.57.